The molecule has 3 rings (SSSR count). The molecule has 0 fully saturated rings. The fraction of sp³-hybridized carbons (Fsp3) is 0.227. The smallest absolute Gasteiger partial charge is 0.253 e. The lowest BCUT2D eigenvalue weighted by atomic mass is 10.0. The Balaban J connectivity index is 1.73. The highest BCUT2D eigenvalue weighted by molar-refractivity contribution is 5.95. The van der Waals surface area contributed by atoms with Crippen molar-refractivity contribution in [3.8, 4) is 11.1 Å². The number of aromatic nitrogens is 2. The van der Waals surface area contributed by atoms with Crippen LogP contribution in [0.5, 0.6) is 0 Å². The summed E-state index contributed by atoms with van der Waals surface area (Å²) in [4.78, 5) is 29.0. The number of amides is 1. The predicted octanol–water partition coefficient (Wildman–Crippen LogP) is 3.89. The zero-order valence-corrected chi connectivity index (χ0v) is 15.4. The van der Waals surface area contributed by atoms with E-state index in [-0.39, 0.29) is 18.0 Å². The van der Waals surface area contributed by atoms with E-state index in [1.165, 1.54) is 17.0 Å². The molecule has 1 aromatic heterocycles. The zero-order chi connectivity index (χ0) is 19.1. The maximum atomic E-state index is 12.5. The second-order valence-corrected chi connectivity index (χ2v) is 6.41. The summed E-state index contributed by atoms with van der Waals surface area (Å²) >= 11 is 0. The number of unbranched alkanes of at least 4 members (excludes halogenated alkanes) is 1. The van der Waals surface area contributed by atoms with Gasteiger partial charge in [0.1, 0.15) is 6.54 Å². The Morgan fingerprint density at radius 1 is 1.07 bits per heavy atom. The van der Waals surface area contributed by atoms with Gasteiger partial charge in [-0.1, -0.05) is 61.9 Å². The first-order valence-corrected chi connectivity index (χ1v) is 9.17. The van der Waals surface area contributed by atoms with E-state index < -0.39 is 0 Å². The summed E-state index contributed by atoms with van der Waals surface area (Å²) in [6, 6.07) is 19.0. The van der Waals surface area contributed by atoms with Crippen LogP contribution in [0.15, 0.2) is 71.8 Å². The molecule has 1 amide bonds. The lowest BCUT2D eigenvalue weighted by molar-refractivity contribution is -0.116. The van der Waals surface area contributed by atoms with Gasteiger partial charge in [-0.15, -0.1) is 0 Å². The first-order chi connectivity index (χ1) is 13.2. The van der Waals surface area contributed by atoms with Crippen LogP contribution in [-0.2, 0) is 17.8 Å². The molecule has 0 saturated heterocycles. The molecule has 0 spiro atoms. The van der Waals surface area contributed by atoms with E-state index in [1.807, 2.05) is 54.6 Å². The van der Waals surface area contributed by atoms with Gasteiger partial charge in [0.2, 0.25) is 5.91 Å². The Labute approximate surface area is 158 Å². The number of para-hydroxylation sites is 1. The van der Waals surface area contributed by atoms with Crippen molar-refractivity contribution < 1.29 is 4.79 Å². The molecule has 0 radical (unpaired) electrons. The third-order valence-corrected chi connectivity index (χ3v) is 4.32. The minimum Gasteiger partial charge on any atom is -0.324 e. The number of rotatable bonds is 7. The number of hydrogen-bond acceptors (Lipinski definition) is 3. The van der Waals surface area contributed by atoms with Crippen molar-refractivity contribution >= 4 is 11.6 Å². The van der Waals surface area contributed by atoms with E-state index in [9.17, 15) is 9.59 Å². The summed E-state index contributed by atoms with van der Waals surface area (Å²) in [5.74, 6) is -0.261. The first kappa shape index (κ1) is 18.6. The fourth-order valence-corrected chi connectivity index (χ4v) is 2.88. The number of anilines is 1. The lowest BCUT2D eigenvalue weighted by Gasteiger charge is -2.12. The van der Waals surface area contributed by atoms with Crippen molar-refractivity contribution in [2.45, 2.75) is 32.7 Å². The Morgan fingerprint density at radius 3 is 2.56 bits per heavy atom. The van der Waals surface area contributed by atoms with E-state index in [4.69, 9.17) is 0 Å². The van der Waals surface area contributed by atoms with Crippen LogP contribution in [0.3, 0.4) is 0 Å². The molecule has 1 heterocycles. The van der Waals surface area contributed by atoms with Crippen molar-refractivity contribution in [1.82, 2.24) is 9.55 Å². The van der Waals surface area contributed by atoms with E-state index in [0.29, 0.717) is 5.69 Å². The van der Waals surface area contributed by atoms with Gasteiger partial charge in [-0.25, -0.2) is 4.98 Å². The van der Waals surface area contributed by atoms with E-state index in [0.717, 1.165) is 36.1 Å². The number of nitrogens with zero attached hydrogens (tertiary/aromatic N) is 2. The van der Waals surface area contributed by atoms with Crippen LogP contribution in [0.4, 0.5) is 5.69 Å². The number of hydrogen-bond donors (Lipinski definition) is 1. The molecule has 0 saturated carbocycles. The van der Waals surface area contributed by atoms with Crippen LogP contribution in [-0.4, -0.2) is 15.5 Å². The monoisotopic (exact) mass is 361 g/mol. The third kappa shape index (κ3) is 4.91. The van der Waals surface area contributed by atoms with Crippen molar-refractivity contribution in [2.75, 3.05) is 5.32 Å². The standard InChI is InChI=1S/C22H23N3O2/c1-2-3-11-18-14-22(27)25(16-23-18)15-21(26)24-20-13-8-7-12-19(20)17-9-5-4-6-10-17/h4-10,12-14,16H,2-3,11,15H2,1H3,(H,24,26). The van der Waals surface area contributed by atoms with Gasteiger partial charge in [-0.05, 0) is 24.5 Å². The van der Waals surface area contributed by atoms with Crippen LogP contribution in [0.2, 0.25) is 0 Å². The van der Waals surface area contributed by atoms with Crippen molar-refractivity contribution in [1.29, 1.82) is 0 Å². The molecule has 1 N–H and O–H groups in total. The Morgan fingerprint density at radius 2 is 1.81 bits per heavy atom. The molecule has 138 valence electrons. The lowest BCUT2D eigenvalue weighted by Crippen LogP contribution is -2.28. The normalized spacial score (nSPS) is 10.6. The number of nitrogens with one attached hydrogen (secondary N) is 1. The van der Waals surface area contributed by atoms with Gasteiger partial charge in [-0.3, -0.25) is 14.2 Å². The highest BCUT2D eigenvalue weighted by Crippen LogP contribution is 2.27. The summed E-state index contributed by atoms with van der Waals surface area (Å²) in [5, 5.41) is 2.91. The average molecular weight is 361 g/mol. The summed E-state index contributed by atoms with van der Waals surface area (Å²) in [6.45, 7) is 2.03. The molecule has 2 aromatic carbocycles. The maximum Gasteiger partial charge on any atom is 0.253 e. The number of aryl methyl sites for hydroxylation is 1. The van der Waals surface area contributed by atoms with Crippen LogP contribution in [0.1, 0.15) is 25.5 Å². The molecule has 0 atom stereocenters. The average Bonchev–Trinajstić information content (AvgIpc) is 2.69. The van der Waals surface area contributed by atoms with E-state index in [2.05, 4.69) is 17.2 Å². The molecule has 0 unspecified atom stereocenters. The fourth-order valence-electron chi connectivity index (χ4n) is 2.88. The largest absolute Gasteiger partial charge is 0.324 e. The van der Waals surface area contributed by atoms with Gasteiger partial charge < -0.3 is 5.32 Å². The highest BCUT2D eigenvalue weighted by Gasteiger charge is 2.10. The second-order valence-electron chi connectivity index (χ2n) is 6.41. The Kier molecular flexibility index (Phi) is 6.15. The molecule has 0 aliphatic heterocycles. The van der Waals surface area contributed by atoms with Gasteiger partial charge in [0.15, 0.2) is 0 Å². The molecular formula is C22H23N3O2. The second kappa shape index (κ2) is 8.94. The van der Waals surface area contributed by atoms with Crippen LogP contribution < -0.4 is 10.9 Å². The van der Waals surface area contributed by atoms with Crippen LogP contribution in [0.25, 0.3) is 11.1 Å². The van der Waals surface area contributed by atoms with Crippen molar-refractivity contribution in [2.24, 2.45) is 0 Å². The summed E-state index contributed by atoms with van der Waals surface area (Å²) in [7, 11) is 0. The number of carbonyl (C=O) groups excluding carboxylic acids is 1. The Bertz CT molecular complexity index is 965. The molecule has 0 aliphatic rings. The van der Waals surface area contributed by atoms with Gasteiger partial charge in [0.05, 0.1) is 6.33 Å². The van der Waals surface area contributed by atoms with Crippen molar-refractivity contribution in [3.63, 3.8) is 0 Å². The quantitative estimate of drug-likeness (QED) is 0.694. The topological polar surface area (TPSA) is 64.0 Å². The van der Waals surface area contributed by atoms with E-state index >= 15 is 0 Å². The van der Waals surface area contributed by atoms with Gasteiger partial charge in [-0.2, -0.15) is 0 Å². The zero-order valence-electron chi connectivity index (χ0n) is 15.4. The summed E-state index contributed by atoms with van der Waals surface area (Å²) < 4.78 is 1.33. The number of benzene rings is 2. The highest BCUT2D eigenvalue weighted by atomic mass is 16.2. The molecule has 27 heavy (non-hydrogen) atoms. The summed E-state index contributed by atoms with van der Waals surface area (Å²) in [6.07, 6.45) is 4.28. The molecule has 3 aromatic rings. The number of carbonyl (C=O) groups is 1. The maximum absolute atomic E-state index is 12.5. The molecular weight excluding hydrogens is 338 g/mol. The first-order valence-electron chi connectivity index (χ1n) is 9.17. The van der Waals surface area contributed by atoms with E-state index in [1.54, 1.807) is 0 Å². The molecule has 0 bridgehead atoms. The minimum atomic E-state index is -0.261. The van der Waals surface area contributed by atoms with Crippen LogP contribution in [0, 0.1) is 0 Å². The van der Waals surface area contributed by atoms with Gasteiger partial charge >= 0.3 is 0 Å². The predicted molar refractivity (Wildman–Crippen MR) is 108 cm³/mol. The molecule has 5 heteroatoms. The Hall–Kier alpha value is -3.21. The van der Waals surface area contributed by atoms with Crippen molar-refractivity contribution in [3.05, 3.63) is 83.0 Å². The third-order valence-electron chi connectivity index (χ3n) is 4.32. The van der Waals surface area contributed by atoms with Gasteiger partial charge in [0.25, 0.3) is 5.56 Å². The van der Waals surface area contributed by atoms with Crippen LogP contribution >= 0.6 is 0 Å². The molecule has 0 aliphatic carbocycles. The van der Waals surface area contributed by atoms with Gasteiger partial charge in [0, 0.05) is 23.0 Å². The summed E-state index contributed by atoms with van der Waals surface area (Å²) in [5.41, 5.74) is 3.24. The SMILES string of the molecule is CCCCc1cc(=O)n(CC(=O)Nc2ccccc2-c2ccccc2)cn1. The minimum absolute atomic E-state index is 0.0665. The molecule has 5 nitrogen and oxygen atoms in total.